The third kappa shape index (κ3) is 2.69. The second kappa shape index (κ2) is 5.55. The van der Waals surface area contributed by atoms with Crippen LogP contribution in [-0.2, 0) is 4.74 Å². The van der Waals surface area contributed by atoms with E-state index in [1.54, 1.807) is 12.1 Å². The summed E-state index contributed by atoms with van der Waals surface area (Å²) in [5, 5.41) is 12.3. The predicted molar refractivity (Wildman–Crippen MR) is 82.0 cm³/mol. The molecule has 2 heterocycles. The highest BCUT2D eigenvalue weighted by atomic mass is 32.1. The Morgan fingerprint density at radius 2 is 2.43 bits per heavy atom. The number of nitro benzene ring substituents is 1. The number of thiazole rings is 1. The molecule has 3 rings (SSSR count). The zero-order chi connectivity index (χ0) is 15.0. The fourth-order valence-corrected chi connectivity index (χ4v) is 3.39. The van der Waals surface area contributed by atoms with Gasteiger partial charge in [0.25, 0.3) is 5.69 Å². The van der Waals surface area contributed by atoms with Crippen molar-refractivity contribution in [3.63, 3.8) is 0 Å². The van der Waals surface area contributed by atoms with Gasteiger partial charge in [-0.25, -0.2) is 4.98 Å². The van der Waals surface area contributed by atoms with Gasteiger partial charge in [-0.2, -0.15) is 0 Å². The van der Waals surface area contributed by atoms with Crippen LogP contribution in [0.25, 0.3) is 10.2 Å². The lowest BCUT2D eigenvalue weighted by molar-refractivity contribution is -0.384. The van der Waals surface area contributed by atoms with E-state index in [1.807, 2.05) is 11.8 Å². The van der Waals surface area contributed by atoms with Gasteiger partial charge in [-0.05, 0) is 13.0 Å². The van der Waals surface area contributed by atoms with Gasteiger partial charge < -0.3 is 15.4 Å². The Labute approximate surface area is 125 Å². The molecule has 1 atom stereocenters. The highest BCUT2D eigenvalue weighted by Gasteiger charge is 2.26. The molecule has 1 unspecified atom stereocenters. The molecule has 2 aromatic rings. The minimum atomic E-state index is -0.337. The van der Waals surface area contributed by atoms with Crippen LogP contribution in [0, 0.1) is 17.0 Å². The molecule has 7 nitrogen and oxygen atoms in total. The van der Waals surface area contributed by atoms with Gasteiger partial charge in [-0.1, -0.05) is 0 Å². The third-order valence-electron chi connectivity index (χ3n) is 3.53. The van der Waals surface area contributed by atoms with Crippen molar-refractivity contribution in [2.75, 3.05) is 31.1 Å². The Bertz CT molecular complexity index is 687. The smallest absolute Gasteiger partial charge is 0.294 e. The third-order valence-corrected chi connectivity index (χ3v) is 4.46. The largest absolute Gasteiger partial charge is 0.373 e. The summed E-state index contributed by atoms with van der Waals surface area (Å²) in [6.07, 6.45) is -0.0915. The summed E-state index contributed by atoms with van der Waals surface area (Å²) in [7, 11) is 0. The van der Waals surface area contributed by atoms with E-state index in [4.69, 9.17) is 10.5 Å². The number of aromatic nitrogens is 1. The quantitative estimate of drug-likeness (QED) is 0.684. The number of morpholine rings is 1. The summed E-state index contributed by atoms with van der Waals surface area (Å²) in [5.74, 6) is 0. The van der Waals surface area contributed by atoms with Crippen LogP contribution in [0.1, 0.15) is 5.01 Å². The number of fused-ring (bicyclic) bond motifs is 1. The molecule has 0 radical (unpaired) electrons. The summed E-state index contributed by atoms with van der Waals surface area (Å²) < 4.78 is 6.36. The van der Waals surface area contributed by atoms with Gasteiger partial charge in [0.15, 0.2) is 0 Å². The van der Waals surface area contributed by atoms with Gasteiger partial charge >= 0.3 is 0 Å². The Morgan fingerprint density at radius 3 is 3.14 bits per heavy atom. The van der Waals surface area contributed by atoms with Gasteiger partial charge in [0.2, 0.25) is 0 Å². The number of hydrogen-bond donors (Lipinski definition) is 1. The monoisotopic (exact) mass is 308 g/mol. The van der Waals surface area contributed by atoms with E-state index in [1.165, 1.54) is 11.3 Å². The van der Waals surface area contributed by atoms with Crippen LogP contribution < -0.4 is 10.6 Å². The number of nitrogens with zero attached hydrogens (tertiary/aromatic N) is 3. The molecule has 2 N–H and O–H groups in total. The number of anilines is 1. The second-order valence-corrected chi connectivity index (χ2v) is 6.21. The standard InChI is InChI=1S/C13H16N4O3S/c1-8-15-10-4-11(12(17(18)19)5-13(10)21-8)16-2-3-20-9(6-14)7-16/h4-5,9H,2-3,6-7,14H2,1H3. The van der Waals surface area contributed by atoms with Crippen molar-refractivity contribution in [3.05, 3.63) is 27.3 Å². The molecule has 0 spiro atoms. The van der Waals surface area contributed by atoms with Crippen molar-refractivity contribution in [1.82, 2.24) is 4.98 Å². The number of nitrogens with two attached hydrogens (primary N) is 1. The number of rotatable bonds is 3. The average Bonchev–Trinajstić information content (AvgIpc) is 2.85. The van der Waals surface area contributed by atoms with Crippen molar-refractivity contribution in [1.29, 1.82) is 0 Å². The Balaban J connectivity index is 2.06. The molecule has 0 amide bonds. The molecule has 0 bridgehead atoms. The lowest BCUT2D eigenvalue weighted by atomic mass is 10.2. The van der Waals surface area contributed by atoms with E-state index >= 15 is 0 Å². The van der Waals surface area contributed by atoms with Gasteiger partial charge in [-0.15, -0.1) is 11.3 Å². The molecule has 1 aliphatic heterocycles. The minimum Gasteiger partial charge on any atom is -0.373 e. The Hall–Kier alpha value is -1.77. The highest BCUT2D eigenvalue weighted by molar-refractivity contribution is 7.18. The van der Waals surface area contributed by atoms with Gasteiger partial charge in [-0.3, -0.25) is 10.1 Å². The first-order valence-electron chi connectivity index (χ1n) is 6.70. The topological polar surface area (TPSA) is 94.5 Å². The minimum absolute atomic E-state index is 0.0915. The molecule has 1 aromatic heterocycles. The maximum Gasteiger partial charge on any atom is 0.294 e. The van der Waals surface area contributed by atoms with Crippen molar-refractivity contribution >= 4 is 32.9 Å². The number of benzene rings is 1. The van der Waals surface area contributed by atoms with Crippen LogP contribution in [0.2, 0.25) is 0 Å². The first kappa shape index (κ1) is 14.2. The molecule has 0 aliphatic carbocycles. The maximum atomic E-state index is 11.4. The van der Waals surface area contributed by atoms with Crippen molar-refractivity contribution in [3.8, 4) is 0 Å². The molecule has 1 saturated heterocycles. The lowest BCUT2D eigenvalue weighted by Gasteiger charge is -2.33. The molecular formula is C13H16N4O3S. The molecule has 1 aromatic carbocycles. The summed E-state index contributed by atoms with van der Waals surface area (Å²) in [4.78, 5) is 17.4. The summed E-state index contributed by atoms with van der Waals surface area (Å²) in [6.45, 7) is 4.00. The summed E-state index contributed by atoms with van der Waals surface area (Å²) in [5.41, 5.74) is 7.15. The van der Waals surface area contributed by atoms with Crippen molar-refractivity contribution < 1.29 is 9.66 Å². The van der Waals surface area contributed by atoms with Crippen LogP contribution >= 0.6 is 11.3 Å². The molecule has 112 valence electrons. The lowest BCUT2D eigenvalue weighted by Crippen LogP contribution is -2.45. The van der Waals surface area contributed by atoms with E-state index in [9.17, 15) is 10.1 Å². The van der Waals surface area contributed by atoms with Crippen LogP contribution in [0.5, 0.6) is 0 Å². The van der Waals surface area contributed by atoms with Crippen LogP contribution in [0.4, 0.5) is 11.4 Å². The van der Waals surface area contributed by atoms with Crippen LogP contribution in [0.15, 0.2) is 12.1 Å². The number of aryl methyl sites for hydroxylation is 1. The van der Waals surface area contributed by atoms with E-state index in [0.717, 1.165) is 15.2 Å². The average molecular weight is 308 g/mol. The zero-order valence-corrected chi connectivity index (χ0v) is 12.4. The first-order valence-corrected chi connectivity index (χ1v) is 7.52. The maximum absolute atomic E-state index is 11.4. The fraction of sp³-hybridized carbons (Fsp3) is 0.462. The van der Waals surface area contributed by atoms with Crippen LogP contribution in [0.3, 0.4) is 0 Å². The molecule has 0 saturated carbocycles. The first-order chi connectivity index (χ1) is 10.1. The number of ether oxygens (including phenoxy) is 1. The Morgan fingerprint density at radius 1 is 1.62 bits per heavy atom. The SMILES string of the molecule is Cc1nc2cc(N3CCOC(CN)C3)c([N+](=O)[O-])cc2s1. The van der Waals surface area contributed by atoms with Crippen molar-refractivity contribution in [2.24, 2.45) is 5.73 Å². The van der Waals surface area contributed by atoms with E-state index in [2.05, 4.69) is 4.98 Å². The molecule has 8 heteroatoms. The highest BCUT2D eigenvalue weighted by Crippen LogP contribution is 2.35. The summed E-state index contributed by atoms with van der Waals surface area (Å²) >= 11 is 1.47. The van der Waals surface area contributed by atoms with Gasteiger partial charge in [0.1, 0.15) is 5.69 Å². The van der Waals surface area contributed by atoms with Crippen molar-refractivity contribution in [2.45, 2.75) is 13.0 Å². The fourth-order valence-electron chi connectivity index (χ4n) is 2.55. The predicted octanol–water partition coefficient (Wildman–Crippen LogP) is 1.68. The number of hydrogen-bond acceptors (Lipinski definition) is 7. The van der Waals surface area contributed by atoms with E-state index in [0.29, 0.717) is 31.9 Å². The molecule has 21 heavy (non-hydrogen) atoms. The summed E-state index contributed by atoms with van der Waals surface area (Å²) in [6, 6.07) is 3.41. The number of nitro groups is 1. The molecular weight excluding hydrogens is 292 g/mol. The van der Waals surface area contributed by atoms with Gasteiger partial charge in [0.05, 0.1) is 32.9 Å². The second-order valence-electron chi connectivity index (χ2n) is 4.97. The van der Waals surface area contributed by atoms with Gasteiger partial charge in [0, 0.05) is 25.7 Å². The zero-order valence-electron chi connectivity index (χ0n) is 11.6. The van der Waals surface area contributed by atoms with E-state index in [-0.39, 0.29) is 16.7 Å². The van der Waals surface area contributed by atoms with E-state index < -0.39 is 0 Å². The van der Waals surface area contributed by atoms with Crippen LogP contribution in [-0.4, -0.2) is 42.3 Å². The molecule has 1 aliphatic rings. The normalized spacial score (nSPS) is 19.1. The Kier molecular flexibility index (Phi) is 3.75. The molecule has 1 fully saturated rings.